The van der Waals surface area contributed by atoms with Crippen LogP contribution in [0.25, 0.3) is 66.1 Å². The van der Waals surface area contributed by atoms with Crippen LogP contribution in [0.3, 0.4) is 0 Å². The highest BCUT2D eigenvalue weighted by atomic mass is 16.5. The maximum atomic E-state index is 6.22. The van der Waals surface area contributed by atoms with Crippen molar-refractivity contribution in [1.82, 2.24) is 19.1 Å². The second kappa shape index (κ2) is 13.0. The van der Waals surface area contributed by atoms with Gasteiger partial charge in [-0.25, -0.2) is 0 Å². The van der Waals surface area contributed by atoms with Gasteiger partial charge in [-0.05, 0) is 96.8 Å². The van der Waals surface area contributed by atoms with Gasteiger partial charge in [0.1, 0.15) is 11.5 Å². The zero-order valence-corrected chi connectivity index (χ0v) is 30.6. The first kappa shape index (κ1) is 32.9. The maximum absolute atomic E-state index is 6.22. The number of aromatic nitrogens is 4. The minimum Gasteiger partial charge on any atom is -0.494 e. The fourth-order valence-corrected chi connectivity index (χ4v) is 8.05. The second-order valence-corrected chi connectivity index (χ2v) is 15.7. The van der Waals surface area contributed by atoms with Gasteiger partial charge >= 0.3 is 0 Å². The van der Waals surface area contributed by atoms with Crippen molar-refractivity contribution in [1.29, 1.82) is 0 Å². The van der Waals surface area contributed by atoms with E-state index >= 15 is 0 Å². The van der Waals surface area contributed by atoms with Crippen molar-refractivity contribution in [3.8, 4) is 34.0 Å². The average molecular weight is 715 g/mol. The van der Waals surface area contributed by atoms with Crippen molar-refractivity contribution in [2.24, 2.45) is 10.8 Å². The van der Waals surface area contributed by atoms with Crippen molar-refractivity contribution in [2.75, 3.05) is 39.6 Å². The Labute approximate surface area is 313 Å². The molecule has 2 fully saturated rings. The number of fused-ring (bicyclic) bond motifs is 6. The lowest BCUT2D eigenvalue weighted by Gasteiger charge is -2.37. The molecule has 8 heteroatoms. The molecule has 2 saturated heterocycles. The molecule has 4 aromatic heterocycles. The highest BCUT2D eigenvalue weighted by molar-refractivity contribution is 6.10. The SMILES string of the molecule is CC1(CCOc2ccc3c(c2)c2cnccc2n3-c2ccc(-c3ccc(-n4c5ccncc5c5cc(OCCC6(C)COC6)ccc54)cc3)cc2)COC1. The summed E-state index contributed by atoms with van der Waals surface area (Å²) < 4.78 is 27.9. The summed E-state index contributed by atoms with van der Waals surface area (Å²) in [4.78, 5) is 8.94. The summed E-state index contributed by atoms with van der Waals surface area (Å²) >= 11 is 0. The van der Waals surface area contributed by atoms with Crippen LogP contribution in [0.2, 0.25) is 0 Å². The first-order valence-corrected chi connectivity index (χ1v) is 18.8. The van der Waals surface area contributed by atoms with Crippen LogP contribution < -0.4 is 9.47 Å². The normalized spacial score (nSPS) is 16.1. The molecule has 8 aromatic rings. The van der Waals surface area contributed by atoms with Crippen molar-refractivity contribution >= 4 is 43.6 Å². The summed E-state index contributed by atoms with van der Waals surface area (Å²) in [7, 11) is 0. The van der Waals surface area contributed by atoms with E-state index in [1.165, 1.54) is 0 Å². The molecule has 0 unspecified atom stereocenters. The molecule has 4 aromatic carbocycles. The summed E-state index contributed by atoms with van der Waals surface area (Å²) in [5, 5.41) is 4.48. The molecule has 10 rings (SSSR count). The van der Waals surface area contributed by atoms with Crippen LogP contribution in [0.4, 0.5) is 0 Å². The van der Waals surface area contributed by atoms with E-state index in [-0.39, 0.29) is 10.8 Å². The molecule has 6 heterocycles. The molecule has 0 N–H and O–H groups in total. The second-order valence-electron chi connectivity index (χ2n) is 15.7. The molecule has 0 saturated carbocycles. The number of ether oxygens (including phenoxy) is 4. The van der Waals surface area contributed by atoms with Crippen LogP contribution in [0, 0.1) is 10.8 Å². The Morgan fingerprint density at radius 1 is 0.519 bits per heavy atom. The number of nitrogens with zero attached hydrogens (tertiary/aromatic N) is 4. The lowest BCUT2D eigenvalue weighted by molar-refractivity contribution is -0.109. The molecular weight excluding hydrogens is 673 g/mol. The molecule has 2 aliphatic heterocycles. The van der Waals surface area contributed by atoms with Gasteiger partial charge in [-0.15, -0.1) is 0 Å². The predicted molar refractivity (Wildman–Crippen MR) is 214 cm³/mol. The highest BCUT2D eigenvalue weighted by Gasteiger charge is 2.33. The Morgan fingerprint density at radius 2 is 0.926 bits per heavy atom. The van der Waals surface area contributed by atoms with E-state index in [4.69, 9.17) is 18.9 Å². The van der Waals surface area contributed by atoms with Gasteiger partial charge in [0.05, 0.1) is 61.7 Å². The summed E-state index contributed by atoms with van der Waals surface area (Å²) in [5.41, 5.74) is 9.45. The molecule has 0 spiro atoms. The molecule has 0 bridgehead atoms. The van der Waals surface area contributed by atoms with Crippen LogP contribution in [0.15, 0.2) is 122 Å². The van der Waals surface area contributed by atoms with E-state index in [1.807, 2.05) is 24.8 Å². The predicted octanol–water partition coefficient (Wildman–Crippen LogP) is 9.95. The fraction of sp³-hybridized carbons (Fsp3) is 0.261. The molecule has 2 aliphatic rings. The van der Waals surface area contributed by atoms with E-state index in [0.717, 1.165) is 117 Å². The number of benzene rings is 4. The van der Waals surface area contributed by atoms with Gasteiger partial charge in [-0.2, -0.15) is 0 Å². The van der Waals surface area contributed by atoms with Crippen LogP contribution in [-0.2, 0) is 9.47 Å². The summed E-state index contributed by atoms with van der Waals surface area (Å²) in [6.07, 6.45) is 9.59. The quantitative estimate of drug-likeness (QED) is 0.133. The standard InChI is InChI=1S/C46H42N4O4/c1-45(27-51-28-45)17-21-53-35-11-13-41-37(23-35)39-25-47-19-15-43(39)49(41)33-7-3-31(4-8-33)32-5-9-34(10-6-32)50-42-14-12-36(54-22-18-46(2)29-52-30-46)24-38(42)40-26-48-20-16-44(40)50/h3-16,19-20,23-26H,17-18,21-22,27-30H2,1-2H3. The number of hydrogen-bond acceptors (Lipinski definition) is 6. The van der Waals surface area contributed by atoms with Gasteiger partial charge in [-0.1, -0.05) is 38.1 Å². The van der Waals surface area contributed by atoms with E-state index in [1.54, 1.807) is 0 Å². The largest absolute Gasteiger partial charge is 0.494 e. The Balaban J connectivity index is 0.915. The summed E-state index contributed by atoms with van der Waals surface area (Å²) in [5.74, 6) is 1.76. The molecular formula is C46H42N4O4. The third kappa shape index (κ3) is 5.77. The van der Waals surface area contributed by atoms with Gasteiger partial charge in [-0.3, -0.25) is 9.97 Å². The first-order valence-electron chi connectivity index (χ1n) is 18.8. The lowest BCUT2D eigenvalue weighted by atomic mass is 9.85. The zero-order chi connectivity index (χ0) is 36.3. The molecule has 0 radical (unpaired) electrons. The molecule has 0 amide bonds. The fourth-order valence-electron chi connectivity index (χ4n) is 8.05. The topological polar surface area (TPSA) is 72.6 Å². The Kier molecular flexibility index (Phi) is 7.93. The van der Waals surface area contributed by atoms with Crippen molar-refractivity contribution < 1.29 is 18.9 Å². The highest BCUT2D eigenvalue weighted by Crippen LogP contribution is 2.38. The minimum absolute atomic E-state index is 0.230. The Bertz CT molecular complexity index is 2470. The van der Waals surface area contributed by atoms with Gasteiger partial charge in [0.25, 0.3) is 0 Å². The monoisotopic (exact) mass is 714 g/mol. The van der Waals surface area contributed by atoms with E-state index in [9.17, 15) is 0 Å². The molecule has 0 aliphatic carbocycles. The summed E-state index contributed by atoms with van der Waals surface area (Å²) in [6.45, 7) is 9.12. The van der Waals surface area contributed by atoms with Crippen molar-refractivity contribution in [3.05, 3.63) is 122 Å². The van der Waals surface area contributed by atoms with Gasteiger partial charge in [0.2, 0.25) is 0 Å². The van der Waals surface area contributed by atoms with Gasteiger partial charge < -0.3 is 28.1 Å². The molecule has 54 heavy (non-hydrogen) atoms. The van der Waals surface area contributed by atoms with E-state index in [2.05, 4.69) is 130 Å². The third-order valence-corrected chi connectivity index (χ3v) is 11.4. The lowest BCUT2D eigenvalue weighted by Crippen LogP contribution is -2.40. The van der Waals surface area contributed by atoms with E-state index < -0.39 is 0 Å². The molecule has 0 atom stereocenters. The third-order valence-electron chi connectivity index (χ3n) is 11.4. The van der Waals surface area contributed by atoms with Crippen molar-refractivity contribution in [3.63, 3.8) is 0 Å². The maximum Gasteiger partial charge on any atom is 0.120 e. The number of hydrogen-bond donors (Lipinski definition) is 0. The minimum atomic E-state index is 0.230. The average Bonchev–Trinajstić information content (AvgIpc) is 3.69. The van der Waals surface area contributed by atoms with Crippen LogP contribution in [0.1, 0.15) is 26.7 Å². The number of rotatable bonds is 11. The molecule has 270 valence electrons. The zero-order valence-electron chi connectivity index (χ0n) is 30.6. The number of pyridine rings is 2. The van der Waals surface area contributed by atoms with Crippen LogP contribution in [0.5, 0.6) is 11.5 Å². The summed E-state index contributed by atoms with van der Waals surface area (Å²) in [6, 6.07) is 34.6. The van der Waals surface area contributed by atoms with E-state index in [0.29, 0.717) is 13.2 Å². The van der Waals surface area contributed by atoms with Crippen LogP contribution in [-0.4, -0.2) is 58.7 Å². The van der Waals surface area contributed by atoms with Crippen molar-refractivity contribution in [2.45, 2.75) is 26.7 Å². The first-order chi connectivity index (χ1) is 26.4. The molecule has 8 nitrogen and oxygen atoms in total. The van der Waals surface area contributed by atoms with Crippen LogP contribution >= 0.6 is 0 Å². The van der Waals surface area contributed by atoms with Gasteiger partial charge in [0, 0.05) is 68.5 Å². The Hall–Kier alpha value is -5.70. The Morgan fingerprint density at radius 3 is 1.31 bits per heavy atom. The smallest absolute Gasteiger partial charge is 0.120 e. The van der Waals surface area contributed by atoms with Gasteiger partial charge in [0.15, 0.2) is 0 Å².